The Morgan fingerprint density at radius 1 is 1.33 bits per heavy atom. The van der Waals surface area contributed by atoms with E-state index in [1.165, 1.54) is 0 Å². The molecule has 0 spiro atoms. The van der Waals surface area contributed by atoms with Crippen LogP contribution in [0.4, 0.5) is 10.5 Å². The molecule has 0 aliphatic carbocycles. The second kappa shape index (κ2) is 4.24. The van der Waals surface area contributed by atoms with E-state index in [9.17, 15) is 9.59 Å². The van der Waals surface area contributed by atoms with E-state index >= 15 is 0 Å². The topological polar surface area (TPSA) is 58.2 Å². The number of carbonyl (C=O) groups excluding carboxylic acids is 2. The Morgan fingerprint density at radius 2 is 2.07 bits per heavy atom. The summed E-state index contributed by atoms with van der Waals surface area (Å²) < 4.78 is 0.859. The fourth-order valence-corrected chi connectivity index (χ4v) is 2.30. The monoisotopic (exact) mass is 286 g/mol. The molecule has 0 bridgehead atoms. The number of anilines is 1. The Bertz CT molecular complexity index is 424. The normalized spacial score (nSPS) is 20.2. The molecule has 2 rings (SSSR count). The fourth-order valence-electron chi connectivity index (χ4n) is 1.17. The van der Waals surface area contributed by atoms with Crippen LogP contribution in [0.25, 0.3) is 0 Å². The second-order valence-corrected chi connectivity index (χ2v) is 4.83. The molecule has 1 unspecified atom stereocenters. The molecule has 0 radical (unpaired) electrons. The highest BCUT2D eigenvalue weighted by molar-refractivity contribution is 9.10. The number of benzene rings is 1. The molecule has 6 heteroatoms. The van der Waals surface area contributed by atoms with Gasteiger partial charge in [0.2, 0.25) is 0 Å². The summed E-state index contributed by atoms with van der Waals surface area (Å²) in [5.74, 6) is -0.305. The van der Waals surface area contributed by atoms with E-state index in [4.69, 9.17) is 0 Å². The summed E-state index contributed by atoms with van der Waals surface area (Å²) in [5.41, 5.74) is 0.792. The highest BCUT2D eigenvalue weighted by Crippen LogP contribution is 2.26. The first-order valence-corrected chi connectivity index (χ1v) is 5.86. The summed E-state index contributed by atoms with van der Waals surface area (Å²) in [5, 5.41) is 4.33. The number of hydrogen-bond acceptors (Lipinski definition) is 4. The number of para-hydroxylation sites is 1. The third kappa shape index (κ3) is 2.32. The first-order valence-electron chi connectivity index (χ1n) is 4.19. The van der Waals surface area contributed by atoms with Crippen molar-refractivity contribution in [1.29, 1.82) is 0 Å². The Labute approximate surface area is 98.9 Å². The number of imide groups is 1. The van der Waals surface area contributed by atoms with Gasteiger partial charge in [-0.3, -0.25) is 14.9 Å². The van der Waals surface area contributed by atoms with Crippen molar-refractivity contribution in [2.45, 2.75) is 5.37 Å². The summed E-state index contributed by atoms with van der Waals surface area (Å²) in [6.07, 6.45) is 0. The zero-order valence-electron chi connectivity index (χ0n) is 7.49. The minimum Gasteiger partial charge on any atom is -0.364 e. The van der Waals surface area contributed by atoms with Crippen molar-refractivity contribution in [3.63, 3.8) is 0 Å². The molecular weight excluding hydrogens is 280 g/mol. The van der Waals surface area contributed by atoms with Crippen molar-refractivity contribution in [2.24, 2.45) is 0 Å². The molecule has 1 atom stereocenters. The summed E-state index contributed by atoms with van der Waals surface area (Å²) in [7, 11) is 0. The molecular formula is C9H7BrN2O2S. The lowest BCUT2D eigenvalue weighted by molar-refractivity contribution is -0.118. The number of hydrogen-bond donors (Lipinski definition) is 2. The Morgan fingerprint density at radius 3 is 2.67 bits per heavy atom. The molecule has 2 amide bonds. The zero-order chi connectivity index (χ0) is 10.8. The molecule has 1 fully saturated rings. The molecule has 0 saturated carbocycles. The lowest BCUT2D eigenvalue weighted by atomic mass is 10.3. The maximum atomic E-state index is 11.3. The average Bonchev–Trinajstić information content (AvgIpc) is 2.49. The Hall–Kier alpha value is -1.01. The van der Waals surface area contributed by atoms with E-state index in [1.807, 2.05) is 24.3 Å². The van der Waals surface area contributed by atoms with Crippen LogP contribution < -0.4 is 10.6 Å². The van der Waals surface area contributed by atoms with Gasteiger partial charge in [-0.25, -0.2) is 0 Å². The van der Waals surface area contributed by atoms with Crippen LogP contribution in [0.1, 0.15) is 0 Å². The molecule has 1 heterocycles. The highest BCUT2D eigenvalue weighted by atomic mass is 79.9. The van der Waals surface area contributed by atoms with Gasteiger partial charge in [0.1, 0.15) is 0 Å². The van der Waals surface area contributed by atoms with Gasteiger partial charge in [-0.05, 0) is 39.8 Å². The second-order valence-electron chi connectivity index (χ2n) is 2.90. The Balaban J connectivity index is 2.13. The maximum Gasteiger partial charge on any atom is 0.288 e. The molecule has 1 aromatic carbocycles. The lowest BCUT2D eigenvalue weighted by Gasteiger charge is -2.10. The molecule has 1 aliphatic rings. The van der Waals surface area contributed by atoms with Crippen LogP contribution in [0.15, 0.2) is 28.7 Å². The van der Waals surface area contributed by atoms with Crippen molar-refractivity contribution >= 4 is 44.5 Å². The first kappa shape index (κ1) is 10.5. The van der Waals surface area contributed by atoms with Gasteiger partial charge < -0.3 is 5.32 Å². The summed E-state index contributed by atoms with van der Waals surface area (Å²) in [4.78, 5) is 22.2. The van der Waals surface area contributed by atoms with Gasteiger partial charge in [-0.2, -0.15) is 0 Å². The first-order chi connectivity index (χ1) is 7.16. The van der Waals surface area contributed by atoms with E-state index in [1.54, 1.807) is 0 Å². The van der Waals surface area contributed by atoms with Crippen LogP contribution in [-0.4, -0.2) is 16.5 Å². The van der Waals surface area contributed by atoms with Crippen LogP contribution in [0.3, 0.4) is 0 Å². The molecule has 2 N–H and O–H groups in total. The van der Waals surface area contributed by atoms with E-state index in [-0.39, 0.29) is 11.1 Å². The van der Waals surface area contributed by atoms with Crippen LogP contribution in [0.5, 0.6) is 0 Å². The van der Waals surface area contributed by atoms with E-state index in [0.29, 0.717) is 0 Å². The molecule has 4 nitrogen and oxygen atoms in total. The predicted octanol–water partition coefficient (Wildman–Crippen LogP) is 2.17. The quantitative estimate of drug-likeness (QED) is 0.875. The van der Waals surface area contributed by atoms with E-state index < -0.39 is 5.37 Å². The summed E-state index contributed by atoms with van der Waals surface area (Å²) in [6.45, 7) is 0. The minimum absolute atomic E-state index is 0.305. The van der Waals surface area contributed by atoms with Gasteiger partial charge in [0.05, 0.1) is 0 Å². The van der Waals surface area contributed by atoms with Crippen molar-refractivity contribution in [3.8, 4) is 0 Å². The third-order valence-electron chi connectivity index (χ3n) is 1.85. The minimum atomic E-state index is -0.545. The number of nitrogens with one attached hydrogen (secondary N) is 2. The van der Waals surface area contributed by atoms with E-state index in [2.05, 4.69) is 26.6 Å². The van der Waals surface area contributed by atoms with Crippen LogP contribution in [0.2, 0.25) is 0 Å². The smallest absolute Gasteiger partial charge is 0.288 e. The fraction of sp³-hybridized carbons (Fsp3) is 0.111. The molecule has 1 aromatic rings. The molecule has 1 saturated heterocycles. The molecule has 15 heavy (non-hydrogen) atoms. The van der Waals surface area contributed by atoms with Gasteiger partial charge >= 0.3 is 0 Å². The molecule has 0 aromatic heterocycles. The van der Waals surface area contributed by atoms with Gasteiger partial charge in [-0.1, -0.05) is 12.1 Å². The lowest BCUT2D eigenvalue weighted by Crippen LogP contribution is -2.29. The van der Waals surface area contributed by atoms with Gasteiger partial charge in [0.15, 0.2) is 5.37 Å². The van der Waals surface area contributed by atoms with Crippen LogP contribution >= 0.6 is 27.7 Å². The third-order valence-corrected chi connectivity index (χ3v) is 3.42. The van der Waals surface area contributed by atoms with Gasteiger partial charge in [0.25, 0.3) is 11.1 Å². The van der Waals surface area contributed by atoms with Crippen LogP contribution in [-0.2, 0) is 4.79 Å². The van der Waals surface area contributed by atoms with Crippen molar-refractivity contribution in [2.75, 3.05) is 5.32 Å². The Kier molecular flexibility index (Phi) is 2.97. The standard InChI is InChI=1S/C9H7BrN2O2S/c10-5-3-1-2-4-6(5)11-8-7(13)12-9(14)15-8/h1-4,8,11H,(H,12,13,14). The summed E-state index contributed by atoms with van der Waals surface area (Å²) in [6, 6.07) is 7.43. The van der Waals surface area contributed by atoms with E-state index in [0.717, 1.165) is 21.9 Å². The largest absolute Gasteiger partial charge is 0.364 e. The van der Waals surface area contributed by atoms with Gasteiger partial charge in [0, 0.05) is 10.2 Å². The van der Waals surface area contributed by atoms with Crippen molar-refractivity contribution in [3.05, 3.63) is 28.7 Å². The SMILES string of the molecule is O=C1NC(=O)C(Nc2ccccc2Br)S1. The average molecular weight is 287 g/mol. The number of amides is 2. The molecule has 78 valence electrons. The number of rotatable bonds is 2. The highest BCUT2D eigenvalue weighted by Gasteiger charge is 2.31. The predicted molar refractivity (Wildman–Crippen MR) is 62.7 cm³/mol. The number of halogens is 1. The van der Waals surface area contributed by atoms with Crippen molar-refractivity contribution in [1.82, 2.24) is 5.32 Å². The van der Waals surface area contributed by atoms with Crippen molar-refractivity contribution < 1.29 is 9.59 Å². The van der Waals surface area contributed by atoms with Crippen LogP contribution in [0, 0.1) is 0 Å². The number of thioether (sulfide) groups is 1. The zero-order valence-corrected chi connectivity index (χ0v) is 9.89. The summed E-state index contributed by atoms with van der Waals surface area (Å²) >= 11 is 4.30. The maximum absolute atomic E-state index is 11.3. The molecule has 1 aliphatic heterocycles. The number of carbonyl (C=O) groups is 2. The van der Waals surface area contributed by atoms with Gasteiger partial charge in [-0.15, -0.1) is 0 Å².